The van der Waals surface area contributed by atoms with Gasteiger partial charge in [0.15, 0.2) is 0 Å². The van der Waals surface area contributed by atoms with Crippen molar-refractivity contribution in [1.82, 2.24) is 4.68 Å². The van der Waals surface area contributed by atoms with Gasteiger partial charge in [-0.05, 0) is 36.8 Å². The average molecular weight is 215 g/mol. The van der Waals surface area contributed by atoms with Crippen molar-refractivity contribution < 1.29 is 4.79 Å². The fourth-order valence-corrected chi connectivity index (χ4v) is 1.37. The highest BCUT2D eigenvalue weighted by Gasteiger charge is 2.06. The molecule has 0 radical (unpaired) electrons. The van der Waals surface area contributed by atoms with Crippen LogP contribution in [0.5, 0.6) is 0 Å². The van der Waals surface area contributed by atoms with Crippen molar-refractivity contribution >= 4 is 11.6 Å². The molecule has 0 aliphatic heterocycles. The minimum absolute atomic E-state index is 0.178. The van der Waals surface area contributed by atoms with Gasteiger partial charge in [0, 0.05) is 23.6 Å². The van der Waals surface area contributed by atoms with Crippen LogP contribution in [0, 0.1) is 6.92 Å². The monoisotopic (exact) mass is 215 g/mol. The predicted octanol–water partition coefficient (Wildman–Crippen LogP) is 1.76. The molecule has 0 saturated heterocycles. The Kier molecular flexibility index (Phi) is 2.64. The molecule has 3 N–H and O–H groups in total. The fraction of sp³-hybridized carbons (Fsp3) is 0.0833. The number of anilines is 1. The standard InChI is InChI=1S/C12H13N3O/c1-9-4-5-10(8-11(9)13)12(16)14-15-6-2-3-7-15/h2-8H,13H2,1H3,(H,14,16). The van der Waals surface area contributed by atoms with E-state index in [1.54, 1.807) is 29.2 Å². The van der Waals surface area contributed by atoms with E-state index in [1.165, 1.54) is 0 Å². The highest BCUT2D eigenvalue weighted by atomic mass is 16.2. The summed E-state index contributed by atoms with van der Waals surface area (Å²) in [5.41, 5.74) is 10.6. The number of nitrogens with two attached hydrogens (primary N) is 1. The summed E-state index contributed by atoms with van der Waals surface area (Å²) in [6, 6.07) is 8.94. The number of amides is 1. The Hall–Kier alpha value is -2.23. The summed E-state index contributed by atoms with van der Waals surface area (Å²) in [4.78, 5) is 11.8. The van der Waals surface area contributed by atoms with Gasteiger partial charge in [0.25, 0.3) is 5.91 Å². The summed E-state index contributed by atoms with van der Waals surface area (Å²) in [6.45, 7) is 1.91. The summed E-state index contributed by atoms with van der Waals surface area (Å²) < 4.78 is 1.60. The zero-order valence-electron chi connectivity index (χ0n) is 8.97. The highest BCUT2D eigenvalue weighted by molar-refractivity contribution is 6.00. The van der Waals surface area contributed by atoms with Crippen LogP contribution in [0.4, 0.5) is 5.69 Å². The van der Waals surface area contributed by atoms with Gasteiger partial charge in [-0.3, -0.25) is 14.9 Å². The molecule has 0 bridgehead atoms. The van der Waals surface area contributed by atoms with E-state index in [4.69, 9.17) is 5.73 Å². The second-order valence-corrected chi connectivity index (χ2v) is 3.60. The largest absolute Gasteiger partial charge is 0.398 e. The summed E-state index contributed by atoms with van der Waals surface area (Å²) in [6.07, 6.45) is 3.52. The van der Waals surface area contributed by atoms with E-state index in [-0.39, 0.29) is 5.91 Å². The molecule has 1 aromatic carbocycles. The molecule has 0 aliphatic rings. The Morgan fingerprint density at radius 2 is 2.00 bits per heavy atom. The summed E-state index contributed by atoms with van der Waals surface area (Å²) >= 11 is 0. The highest BCUT2D eigenvalue weighted by Crippen LogP contribution is 2.12. The van der Waals surface area contributed by atoms with E-state index in [0.717, 1.165) is 5.56 Å². The molecule has 2 aromatic rings. The number of nitrogen functional groups attached to an aromatic ring is 1. The molecular formula is C12H13N3O. The lowest BCUT2D eigenvalue weighted by molar-refractivity contribution is 0.101. The Balaban J connectivity index is 2.18. The van der Waals surface area contributed by atoms with Gasteiger partial charge in [0.1, 0.15) is 0 Å². The average Bonchev–Trinajstić information content (AvgIpc) is 2.74. The number of carbonyl (C=O) groups excluding carboxylic acids is 1. The van der Waals surface area contributed by atoms with Crippen molar-refractivity contribution in [3.8, 4) is 0 Å². The number of aryl methyl sites for hydroxylation is 1. The maximum Gasteiger partial charge on any atom is 0.270 e. The Bertz CT molecular complexity index is 503. The molecule has 2 rings (SSSR count). The van der Waals surface area contributed by atoms with Crippen LogP contribution in [0.25, 0.3) is 0 Å². The van der Waals surface area contributed by atoms with Gasteiger partial charge in [0.05, 0.1) is 0 Å². The predicted molar refractivity (Wildman–Crippen MR) is 63.7 cm³/mol. The zero-order valence-corrected chi connectivity index (χ0v) is 8.97. The third-order valence-corrected chi connectivity index (χ3v) is 2.38. The first-order chi connectivity index (χ1) is 7.66. The van der Waals surface area contributed by atoms with Gasteiger partial charge in [-0.2, -0.15) is 0 Å². The first-order valence-corrected chi connectivity index (χ1v) is 4.97. The molecule has 1 heterocycles. The lowest BCUT2D eigenvalue weighted by Gasteiger charge is -2.07. The summed E-state index contributed by atoms with van der Waals surface area (Å²) in [7, 11) is 0. The van der Waals surface area contributed by atoms with Crippen molar-refractivity contribution in [3.63, 3.8) is 0 Å². The van der Waals surface area contributed by atoms with E-state index in [1.807, 2.05) is 25.1 Å². The van der Waals surface area contributed by atoms with Crippen LogP contribution in [0.3, 0.4) is 0 Å². The number of rotatable bonds is 2. The molecule has 0 aliphatic carbocycles. The Labute approximate surface area is 93.7 Å². The van der Waals surface area contributed by atoms with Gasteiger partial charge in [0.2, 0.25) is 0 Å². The maximum absolute atomic E-state index is 11.8. The fourth-order valence-electron chi connectivity index (χ4n) is 1.37. The first-order valence-electron chi connectivity index (χ1n) is 4.97. The summed E-state index contributed by atoms with van der Waals surface area (Å²) in [5, 5.41) is 0. The lowest BCUT2D eigenvalue weighted by atomic mass is 10.1. The molecule has 1 amide bonds. The Morgan fingerprint density at radius 1 is 1.31 bits per heavy atom. The number of aromatic nitrogens is 1. The Morgan fingerprint density at radius 3 is 2.62 bits per heavy atom. The lowest BCUT2D eigenvalue weighted by Crippen LogP contribution is -2.21. The molecule has 4 nitrogen and oxygen atoms in total. The molecule has 0 fully saturated rings. The molecule has 1 aromatic heterocycles. The van der Waals surface area contributed by atoms with Crippen LogP contribution in [-0.2, 0) is 0 Å². The van der Waals surface area contributed by atoms with Crippen molar-refractivity contribution in [2.75, 3.05) is 11.2 Å². The van der Waals surface area contributed by atoms with E-state index >= 15 is 0 Å². The smallest absolute Gasteiger partial charge is 0.270 e. The SMILES string of the molecule is Cc1ccc(C(=O)Nn2cccc2)cc1N. The van der Waals surface area contributed by atoms with Crippen molar-refractivity contribution in [2.45, 2.75) is 6.92 Å². The van der Waals surface area contributed by atoms with Gasteiger partial charge in [-0.1, -0.05) is 6.07 Å². The minimum Gasteiger partial charge on any atom is -0.398 e. The van der Waals surface area contributed by atoms with Gasteiger partial charge < -0.3 is 5.73 Å². The maximum atomic E-state index is 11.8. The van der Waals surface area contributed by atoms with Crippen molar-refractivity contribution in [1.29, 1.82) is 0 Å². The van der Waals surface area contributed by atoms with Crippen LogP contribution < -0.4 is 11.2 Å². The number of hydrogen-bond donors (Lipinski definition) is 2. The minimum atomic E-state index is -0.178. The van der Waals surface area contributed by atoms with E-state index in [9.17, 15) is 4.79 Å². The molecule has 0 unspecified atom stereocenters. The third-order valence-electron chi connectivity index (χ3n) is 2.38. The van der Waals surface area contributed by atoms with E-state index in [2.05, 4.69) is 5.43 Å². The molecule has 0 spiro atoms. The van der Waals surface area contributed by atoms with Crippen LogP contribution in [0.15, 0.2) is 42.7 Å². The topological polar surface area (TPSA) is 60.0 Å². The molecule has 82 valence electrons. The van der Waals surface area contributed by atoms with E-state index in [0.29, 0.717) is 11.3 Å². The van der Waals surface area contributed by atoms with Crippen LogP contribution >= 0.6 is 0 Å². The second kappa shape index (κ2) is 4.10. The quantitative estimate of drug-likeness (QED) is 0.750. The number of carbonyl (C=O) groups is 1. The second-order valence-electron chi connectivity index (χ2n) is 3.60. The van der Waals surface area contributed by atoms with Crippen LogP contribution in [0.2, 0.25) is 0 Å². The molecule has 0 atom stereocenters. The van der Waals surface area contributed by atoms with E-state index < -0.39 is 0 Å². The molecule has 4 heteroatoms. The van der Waals surface area contributed by atoms with Crippen molar-refractivity contribution in [2.24, 2.45) is 0 Å². The van der Waals surface area contributed by atoms with Gasteiger partial charge in [-0.25, -0.2) is 0 Å². The normalized spacial score (nSPS) is 10.1. The molecule has 16 heavy (non-hydrogen) atoms. The number of nitrogens with one attached hydrogen (secondary N) is 1. The molecular weight excluding hydrogens is 202 g/mol. The van der Waals surface area contributed by atoms with Gasteiger partial charge in [-0.15, -0.1) is 0 Å². The van der Waals surface area contributed by atoms with Crippen LogP contribution in [-0.4, -0.2) is 10.6 Å². The van der Waals surface area contributed by atoms with Crippen molar-refractivity contribution in [3.05, 3.63) is 53.9 Å². The summed E-state index contributed by atoms with van der Waals surface area (Å²) in [5.74, 6) is -0.178. The number of nitrogens with zero attached hydrogens (tertiary/aromatic N) is 1. The number of benzene rings is 1. The molecule has 0 saturated carbocycles. The first kappa shape index (κ1) is 10.3. The van der Waals surface area contributed by atoms with Crippen LogP contribution in [0.1, 0.15) is 15.9 Å². The zero-order chi connectivity index (χ0) is 11.5. The third kappa shape index (κ3) is 2.06. The number of hydrogen-bond acceptors (Lipinski definition) is 2. The van der Waals surface area contributed by atoms with Gasteiger partial charge >= 0.3 is 0 Å².